The second-order valence-electron chi connectivity index (χ2n) is 2.56. The molecule has 0 aromatic heterocycles. The van der Waals surface area contributed by atoms with E-state index in [0.29, 0.717) is 0 Å². The minimum atomic E-state index is 0. The van der Waals surface area contributed by atoms with Crippen LogP contribution in [0.2, 0.25) is 0 Å². The van der Waals surface area contributed by atoms with Gasteiger partial charge in [-0.05, 0) is 13.0 Å². The summed E-state index contributed by atoms with van der Waals surface area (Å²) in [7, 11) is 0. The summed E-state index contributed by atoms with van der Waals surface area (Å²) in [6.07, 6.45) is 8.05. The first-order valence-electron chi connectivity index (χ1n) is 4.12. The van der Waals surface area contributed by atoms with Gasteiger partial charge in [0.05, 0.1) is 0 Å². The largest absolute Gasteiger partial charge is 0.330 e. The van der Waals surface area contributed by atoms with Crippen LogP contribution < -0.4 is 5.73 Å². The molecule has 10 heavy (non-hydrogen) atoms. The van der Waals surface area contributed by atoms with Crippen molar-refractivity contribution in [1.29, 1.82) is 0 Å². The molecular formula is C8H19CuN. The Kier molecular flexibility index (Phi) is 16.0. The van der Waals surface area contributed by atoms with E-state index in [1.165, 1.54) is 38.5 Å². The van der Waals surface area contributed by atoms with Crippen LogP contribution in [0.3, 0.4) is 0 Å². The molecule has 0 bridgehead atoms. The van der Waals surface area contributed by atoms with Crippen molar-refractivity contribution in [2.45, 2.75) is 45.4 Å². The monoisotopic (exact) mass is 192 g/mol. The Morgan fingerprint density at radius 3 is 1.90 bits per heavy atom. The molecular weight excluding hydrogens is 174 g/mol. The Hall–Kier alpha value is 0.479. The number of hydrogen-bond acceptors (Lipinski definition) is 1. The second-order valence-corrected chi connectivity index (χ2v) is 2.56. The average molecular weight is 193 g/mol. The molecule has 0 fully saturated rings. The third-order valence-corrected chi connectivity index (χ3v) is 1.56. The van der Waals surface area contributed by atoms with Crippen LogP contribution in [0.15, 0.2) is 0 Å². The van der Waals surface area contributed by atoms with Crippen LogP contribution in [0.4, 0.5) is 0 Å². The Bertz CT molecular complexity index is 42.5. The van der Waals surface area contributed by atoms with Crippen LogP contribution in [0.5, 0.6) is 0 Å². The summed E-state index contributed by atoms with van der Waals surface area (Å²) in [5, 5.41) is 0. The third-order valence-electron chi connectivity index (χ3n) is 1.56. The van der Waals surface area contributed by atoms with E-state index >= 15 is 0 Å². The van der Waals surface area contributed by atoms with Crippen molar-refractivity contribution in [2.75, 3.05) is 6.54 Å². The van der Waals surface area contributed by atoms with E-state index in [0.717, 1.165) is 6.54 Å². The van der Waals surface area contributed by atoms with E-state index in [9.17, 15) is 0 Å². The number of unbranched alkanes of at least 4 members (excludes halogenated alkanes) is 5. The van der Waals surface area contributed by atoms with Gasteiger partial charge in [-0.3, -0.25) is 0 Å². The van der Waals surface area contributed by atoms with E-state index in [1.54, 1.807) is 0 Å². The molecule has 2 N–H and O–H groups in total. The van der Waals surface area contributed by atoms with E-state index in [1.807, 2.05) is 0 Å². The van der Waals surface area contributed by atoms with Crippen LogP contribution in [-0.4, -0.2) is 6.54 Å². The van der Waals surface area contributed by atoms with E-state index in [2.05, 4.69) is 6.92 Å². The van der Waals surface area contributed by atoms with Gasteiger partial charge >= 0.3 is 0 Å². The van der Waals surface area contributed by atoms with Gasteiger partial charge in [0.1, 0.15) is 0 Å². The first kappa shape index (κ1) is 13.1. The molecule has 0 aliphatic carbocycles. The summed E-state index contributed by atoms with van der Waals surface area (Å²) in [5.74, 6) is 0. The van der Waals surface area contributed by atoms with Crippen molar-refractivity contribution < 1.29 is 17.1 Å². The molecule has 0 rings (SSSR count). The quantitative estimate of drug-likeness (QED) is 0.508. The Morgan fingerprint density at radius 2 is 1.40 bits per heavy atom. The van der Waals surface area contributed by atoms with Crippen molar-refractivity contribution in [3.05, 3.63) is 0 Å². The third kappa shape index (κ3) is 11.3. The van der Waals surface area contributed by atoms with Gasteiger partial charge in [-0.1, -0.05) is 39.0 Å². The average Bonchev–Trinajstić information content (AvgIpc) is 1.89. The van der Waals surface area contributed by atoms with Gasteiger partial charge < -0.3 is 5.73 Å². The Morgan fingerprint density at radius 1 is 0.900 bits per heavy atom. The molecule has 0 aromatic rings. The molecule has 0 heterocycles. The van der Waals surface area contributed by atoms with Gasteiger partial charge in [-0.25, -0.2) is 0 Å². The smallest absolute Gasteiger partial charge is 0 e. The standard InChI is InChI=1S/C8H19N.Cu/c1-2-3-4-5-6-7-8-9;/h2-9H2,1H3;. The van der Waals surface area contributed by atoms with Gasteiger partial charge in [0, 0.05) is 17.1 Å². The number of nitrogens with two attached hydrogens (primary N) is 1. The second kappa shape index (κ2) is 12.2. The molecule has 1 radical (unpaired) electrons. The molecule has 0 aromatic carbocycles. The molecule has 1 nitrogen and oxygen atoms in total. The molecule has 0 saturated carbocycles. The Balaban J connectivity index is 0. The minimum absolute atomic E-state index is 0. The first-order valence-corrected chi connectivity index (χ1v) is 4.12. The molecule has 2 heteroatoms. The van der Waals surface area contributed by atoms with E-state index in [4.69, 9.17) is 5.73 Å². The zero-order valence-corrected chi connectivity index (χ0v) is 7.77. The summed E-state index contributed by atoms with van der Waals surface area (Å²) < 4.78 is 0. The summed E-state index contributed by atoms with van der Waals surface area (Å²) >= 11 is 0. The molecule has 0 aliphatic rings. The van der Waals surface area contributed by atoms with Crippen LogP contribution in [0, 0.1) is 0 Å². The molecule has 0 unspecified atom stereocenters. The van der Waals surface area contributed by atoms with Crippen molar-refractivity contribution in [2.24, 2.45) is 5.73 Å². The SMILES string of the molecule is CCCCCCCCN.[Cu]. The van der Waals surface area contributed by atoms with Gasteiger partial charge in [-0.2, -0.15) is 0 Å². The normalized spacial score (nSPS) is 9.00. The van der Waals surface area contributed by atoms with Crippen molar-refractivity contribution in [3.8, 4) is 0 Å². The van der Waals surface area contributed by atoms with Crippen LogP contribution in [0.25, 0.3) is 0 Å². The topological polar surface area (TPSA) is 26.0 Å². The fourth-order valence-corrected chi connectivity index (χ4v) is 0.925. The van der Waals surface area contributed by atoms with Crippen LogP contribution in [-0.2, 0) is 17.1 Å². The fourth-order valence-electron chi connectivity index (χ4n) is 0.925. The first-order chi connectivity index (χ1) is 4.41. The zero-order chi connectivity index (χ0) is 6.95. The molecule has 0 spiro atoms. The van der Waals surface area contributed by atoms with Gasteiger partial charge in [0.25, 0.3) is 0 Å². The predicted octanol–water partition coefficient (Wildman–Crippen LogP) is 2.30. The van der Waals surface area contributed by atoms with E-state index in [-0.39, 0.29) is 17.1 Å². The molecule has 0 saturated heterocycles. The molecule has 67 valence electrons. The van der Waals surface area contributed by atoms with Gasteiger partial charge in [0.2, 0.25) is 0 Å². The van der Waals surface area contributed by atoms with Crippen molar-refractivity contribution in [3.63, 3.8) is 0 Å². The van der Waals surface area contributed by atoms with E-state index < -0.39 is 0 Å². The summed E-state index contributed by atoms with van der Waals surface area (Å²) in [5.41, 5.74) is 5.34. The maximum atomic E-state index is 5.34. The van der Waals surface area contributed by atoms with Gasteiger partial charge in [-0.15, -0.1) is 0 Å². The summed E-state index contributed by atoms with van der Waals surface area (Å²) in [4.78, 5) is 0. The zero-order valence-electron chi connectivity index (χ0n) is 6.83. The van der Waals surface area contributed by atoms with Crippen molar-refractivity contribution >= 4 is 0 Å². The molecule has 0 atom stereocenters. The predicted molar refractivity (Wildman–Crippen MR) is 42.4 cm³/mol. The molecule has 0 aliphatic heterocycles. The summed E-state index contributed by atoms with van der Waals surface area (Å²) in [6.45, 7) is 3.11. The maximum absolute atomic E-state index is 5.34. The fraction of sp³-hybridized carbons (Fsp3) is 1.00. The van der Waals surface area contributed by atoms with Crippen molar-refractivity contribution in [1.82, 2.24) is 0 Å². The number of hydrogen-bond donors (Lipinski definition) is 1. The molecule has 0 amide bonds. The maximum Gasteiger partial charge on any atom is 0 e. The minimum Gasteiger partial charge on any atom is -0.330 e. The summed E-state index contributed by atoms with van der Waals surface area (Å²) in [6, 6.07) is 0. The van der Waals surface area contributed by atoms with Crippen LogP contribution >= 0.6 is 0 Å². The number of rotatable bonds is 6. The van der Waals surface area contributed by atoms with Gasteiger partial charge in [0.15, 0.2) is 0 Å². The van der Waals surface area contributed by atoms with Crippen LogP contribution in [0.1, 0.15) is 45.4 Å². The Labute approximate surface area is 75.2 Å².